The summed E-state index contributed by atoms with van der Waals surface area (Å²) in [7, 11) is 0. The van der Waals surface area contributed by atoms with E-state index < -0.39 is 0 Å². The summed E-state index contributed by atoms with van der Waals surface area (Å²) in [4.78, 5) is 20.2. The zero-order chi connectivity index (χ0) is 37.7. The smallest absolute Gasteiger partial charge is 0.164 e. The van der Waals surface area contributed by atoms with Crippen LogP contribution in [0.15, 0.2) is 199 Å². The van der Waals surface area contributed by atoms with Gasteiger partial charge in [-0.05, 0) is 41.0 Å². The van der Waals surface area contributed by atoms with Crippen molar-refractivity contribution >= 4 is 43.6 Å². The molecule has 11 aromatic rings. The molecule has 0 bridgehead atoms. The molecule has 0 unspecified atom stereocenters. The molecule has 0 N–H and O–H groups in total. The molecular weight excluding hydrogens is 697 g/mol. The summed E-state index contributed by atoms with van der Waals surface area (Å²) in [6.45, 7) is 0. The van der Waals surface area contributed by atoms with E-state index in [-0.39, 0.29) is 0 Å². The third-order valence-electron chi connectivity index (χ3n) is 10.7. The van der Waals surface area contributed by atoms with Crippen LogP contribution >= 0.6 is 0 Å². The highest BCUT2D eigenvalue weighted by atomic mass is 16.3. The Hall–Kier alpha value is -7.76. The molecule has 0 aliphatic heterocycles. The Labute approximate surface area is 328 Å². The van der Waals surface area contributed by atoms with Crippen molar-refractivity contribution in [2.75, 3.05) is 0 Å². The minimum absolute atomic E-state index is 0.610. The van der Waals surface area contributed by atoms with Crippen LogP contribution in [0.1, 0.15) is 0 Å². The summed E-state index contributed by atoms with van der Waals surface area (Å²) in [5.41, 5.74) is 11.8. The number of rotatable bonds is 6. The van der Waals surface area contributed by atoms with Gasteiger partial charge in [0.15, 0.2) is 17.5 Å². The van der Waals surface area contributed by atoms with E-state index in [0.29, 0.717) is 17.5 Å². The molecule has 0 radical (unpaired) electrons. The second kappa shape index (κ2) is 13.5. The van der Waals surface area contributed by atoms with Crippen molar-refractivity contribution in [2.45, 2.75) is 0 Å². The number of nitrogens with zero attached hydrogens (tertiary/aromatic N) is 4. The van der Waals surface area contributed by atoms with E-state index in [2.05, 4.69) is 152 Å². The van der Waals surface area contributed by atoms with E-state index in [4.69, 9.17) is 24.4 Å². The third kappa shape index (κ3) is 5.72. The molecule has 0 saturated heterocycles. The van der Waals surface area contributed by atoms with Gasteiger partial charge in [0, 0.05) is 54.7 Å². The maximum Gasteiger partial charge on any atom is 0.164 e. The van der Waals surface area contributed by atoms with Gasteiger partial charge in [0.25, 0.3) is 0 Å². The molecule has 11 rings (SSSR count). The highest BCUT2D eigenvalue weighted by molar-refractivity contribution is 6.29. The van der Waals surface area contributed by atoms with Crippen LogP contribution in [0.25, 0.3) is 111 Å². The van der Waals surface area contributed by atoms with Gasteiger partial charge in [0.1, 0.15) is 11.2 Å². The van der Waals surface area contributed by atoms with E-state index in [0.717, 1.165) is 93.8 Å². The second-order valence-corrected chi connectivity index (χ2v) is 14.2. The third-order valence-corrected chi connectivity index (χ3v) is 10.7. The van der Waals surface area contributed by atoms with Crippen molar-refractivity contribution in [1.82, 2.24) is 19.9 Å². The Balaban J connectivity index is 1.04. The summed E-state index contributed by atoms with van der Waals surface area (Å²) >= 11 is 0. The number of furan rings is 1. The lowest BCUT2D eigenvalue weighted by atomic mass is 9.95. The van der Waals surface area contributed by atoms with Crippen LogP contribution in [0.5, 0.6) is 0 Å². The molecule has 0 atom stereocenters. The largest absolute Gasteiger partial charge is 0.455 e. The number of hydrogen-bond donors (Lipinski definition) is 0. The Morgan fingerprint density at radius 3 is 1.60 bits per heavy atom. The van der Waals surface area contributed by atoms with Gasteiger partial charge in [0.2, 0.25) is 0 Å². The van der Waals surface area contributed by atoms with Gasteiger partial charge in [0.05, 0.1) is 11.2 Å². The van der Waals surface area contributed by atoms with Gasteiger partial charge < -0.3 is 4.42 Å². The van der Waals surface area contributed by atoms with Crippen molar-refractivity contribution in [3.63, 3.8) is 0 Å². The molecule has 266 valence electrons. The van der Waals surface area contributed by atoms with Crippen molar-refractivity contribution in [2.24, 2.45) is 0 Å². The Morgan fingerprint density at radius 1 is 0.316 bits per heavy atom. The van der Waals surface area contributed by atoms with Crippen molar-refractivity contribution in [3.8, 4) is 67.7 Å². The van der Waals surface area contributed by atoms with Crippen LogP contribution in [0, 0.1) is 0 Å². The summed E-state index contributed by atoms with van der Waals surface area (Å²) in [5, 5.41) is 5.52. The fourth-order valence-electron chi connectivity index (χ4n) is 7.99. The first-order chi connectivity index (χ1) is 28.2. The van der Waals surface area contributed by atoms with Crippen molar-refractivity contribution in [3.05, 3.63) is 194 Å². The van der Waals surface area contributed by atoms with Gasteiger partial charge in [-0.3, -0.25) is 0 Å². The summed E-state index contributed by atoms with van der Waals surface area (Å²) in [5.74, 6) is 1.86. The van der Waals surface area contributed by atoms with Gasteiger partial charge in [-0.15, -0.1) is 0 Å². The van der Waals surface area contributed by atoms with Gasteiger partial charge in [-0.25, -0.2) is 19.9 Å². The van der Waals surface area contributed by atoms with E-state index >= 15 is 0 Å². The molecule has 0 saturated carbocycles. The second-order valence-electron chi connectivity index (χ2n) is 14.2. The molecule has 0 fully saturated rings. The van der Waals surface area contributed by atoms with E-state index in [1.54, 1.807) is 0 Å². The first-order valence-electron chi connectivity index (χ1n) is 19.1. The number of para-hydroxylation sites is 2. The zero-order valence-electron chi connectivity index (χ0n) is 30.7. The molecule has 57 heavy (non-hydrogen) atoms. The highest BCUT2D eigenvalue weighted by Crippen LogP contribution is 2.43. The Bertz CT molecular complexity index is 3270. The molecule has 0 amide bonds. The number of aromatic nitrogens is 4. The SMILES string of the molecule is c1ccc(-c2cccc(-c3nc(-c4ccccc4)nc(-c4ccc(-c5cccc6c5oc5ccc7c(-c8ccccc8)nc8ccccc8c7c56)cc4)n3)c2)cc1. The predicted molar refractivity (Wildman–Crippen MR) is 233 cm³/mol. The fraction of sp³-hybridized carbons (Fsp3) is 0. The average Bonchev–Trinajstić information content (AvgIpc) is 3.69. The zero-order valence-corrected chi connectivity index (χ0v) is 30.7. The molecule has 0 spiro atoms. The lowest BCUT2D eigenvalue weighted by Crippen LogP contribution is -2.00. The first kappa shape index (κ1) is 32.7. The molecular formula is C52H32N4O. The fourth-order valence-corrected chi connectivity index (χ4v) is 7.99. The van der Waals surface area contributed by atoms with Gasteiger partial charge >= 0.3 is 0 Å². The monoisotopic (exact) mass is 728 g/mol. The minimum atomic E-state index is 0.610. The topological polar surface area (TPSA) is 64.7 Å². The number of fused-ring (bicyclic) bond motifs is 7. The van der Waals surface area contributed by atoms with E-state index in [9.17, 15) is 0 Å². The quantitative estimate of drug-likeness (QED) is 0.160. The summed E-state index contributed by atoms with van der Waals surface area (Å²) < 4.78 is 6.77. The van der Waals surface area contributed by atoms with Gasteiger partial charge in [-0.1, -0.05) is 170 Å². The number of pyridine rings is 1. The van der Waals surface area contributed by atoms with Crippen LogP contribution < -0.4 is 0 Å². The molecule has 8 aromatic carbocycles. The van der Waals surface area contributed by atoms with Crippen LogP contribution in [0.4, 0.5) is 0 Å². The van der Waals surface area contributed by atoms with Gasteiger partial charge in [-0.2, -0.15) is 0 Å². The average molecular weight is 729 g/mol. The summed E-state index contributed by atoms with van der Waals surface area (Å²) in [6, 6.07) is 66.7. The predicted octanol–water partition coefficient (Wildman–Crippen LogP) is 13.5. The standard InChI is InChI=1S/C52H32N4O/c1-4-14-33(15-5-1)38-20-12-21-39(32-38)52-55-50(36-18-8-3-9-19-36)54-51(56-52)37-28-26-34(27-29-37)40-23-13-24-43-47-45(57-49(40)43)31-30-42-46(47)41-22-10-11-25-44(41)53-48(42)35-16-6-2-7-17-35/h1-32H. The lowest BCUT2D eigenvalue weighted by Gasteiger charge is -2.11. The van der Waals surface area contributed by atoms with Crippen LogP contribution in [0.3, 0.4) is 0 Å². The molecule has 3 heterocycles. The Kier molecular flexibility index (Phi) is 7.74. The lowest BCUT2D eigenvalue weighted by molar-refractivity contribution is 0.670. The maximum atomic E-state index is 6.77. The first-order valence-corrected chi connectivity index (χ1v) is 19.1. The molecule has 0 aliphatic carbocycles. The molecule has 5 nitrogen and oxygen atoms in total. The van der Waals surface area contributed by atoms with Crippen molar-refractivity contribution < 1.29 is 4.42 Å². The van der Waals surface area contributed by atoms with Crippen molar-refractivity contribution in [1.29, 1.82) is 0 Å². The van der Waals surface area contributed by atoms with Crippen LogP contribution in [-0.2, 0) is 0 Å². The summed E-state index contributed by atoms with van der Waals surface area (Å²) in [6.07, 6.45) is 0. The molecule has 5 heteroatoms. The molecule has 0 aliphatic rings. The minimum Gasteiger partial charge on any atom is -0.455 e. The van der Waals surface area contributed by atoms with Crippen LogP contribution in [0.2, 0.25) is 0 Å². The van der Waals surface area contributed by atoms with E-state index in [1.807, 2.05) is 42.5 Å². The molecule has 3 aromatic heterocycles. The number of hydrogen-bond acceptors (Lipinski definition) is 5. The van der Waals surface area contributed by atoms with Crippen LogP contribution in [-0.4, -0.2) is 19.9 Å². The Morgan fingerprint density at radius 2 is 0.860 bits per heavy atom. The highest BCUT2D eigenvalue weighted by Gasteiger charge is 2.20. The maximum absolute atomic E-state index is 6.77. The normalized spacial score (nSPS) is 11.5. The van der Waals surface area contributed by atoms with E-state index in [1.165, 1.54) is 0 Å². The number of benzene rings is 8.